The molecule has 0 aromatic carbocycles. The van der Waals surface area contributed by atoms with Gasteiger partial charge in [0.2, 0.25) is 0 Å². The molecule has 0 radical (unpaired) electrons. The van der Waals surface area contributed by atoms with Crippen molar-refractivity contribution in [3.05, 3.63) is 23.4 Å². The standard InChI is InChI=1S/C10H13ClN2O2/c11-8-1-2-10(12-5-8)13-6-9-7-14-3-4-15-9/h1-2,5,9H,3-4,6-7H2,(H,12,13). The van der Waals surface area contributed by atoms with Gasteiger partial charge in [-0.25, -0.2) is 4.98 Å². The van der Waals surface area contributed by atoms with E-state index >= 15 is 0 Å². The van der Waals surface area contributed by atoms with E-state index < -0.39 is 0 Å². The first-order valence-corrected chi connectivity index (χ1v) is 5.27. The van der Waals surface area contributed by atoms with Crippen molar-refractivity contribution in [2.24, 2.45) is 0 Å². The number of anilines is 1. The van der Waals surface area contributed by atoms with Crippen LogP contribution in [-0.4, -0.2) is 37.5 Å². The summed E-state index contributed by atoms with van der Waals surface area (Å²) in [7, 11) is 0. The Morgan fingerprint density at radius 1 is 1.47 bits per heavy atom. The first-order valence-electron chi connectivity index (χ1n) is 4.89. The molecule has 1 N–H and O–H groups in total. The molecule has 0 spiro atoms. The molecular formula is C10H13ClN2O2. The molecule has 0 bridgehead atoms. The molecule has 1 saturated heterocycles. The maximum Gasteiger partial charge on any atom is 0.126 e. The van der Waals surface area contributed by atoms with E-state index in [1.165, 1.54) is 0 Å². The summed E-state index contributed by atoms with van der Waals surface area (Å²) < 4.78 is 10.8. The van der Waals surface area contributed by atoms with Crippen LogP contribution in [0.3, 0.4) is 0 Å². The smallest absolute Gasteiger partial charge is 0.126 e. The molecule has 1 aromatic rings. The minimum atomic E-state index is 0.108. The highest BCUT2D eigenvalue weighted by molar-refractivity contribution is 6.30. The summed E-state index contributed by atoms with van der Waals surface area (Å²) in [4.78, 5) is 4.12. The van der Waals surface area contributed by atoms with Crippen LogP contribution in [0.15, 0.2) is 18.3 Å². The number of halogens is 1. The van der Waals surface area contributed by atoms with Crippen molar-refractivity contribution < 1.29 is 9.47 Å². The molecule has 82 valence electrons. The summed E-state index contributed by atoms with van der Waals surface area (Å²) in [5.41, 5.74) is 0. The van der Waals surface area contributed by atoms with E-state index in [-0.39, 0.29) is 6.10 Å². The van der Waals surface area contributed by atoms with Crippen LogP contribution >= 0.6 is 11.6 Å². The molecular weight excluding hydrogens is 216 g/mol. The van der Waals surface area contributed by atoms with Crippen molar-refractivity contribution in [3.63, 3.8) is 0 Å². The van der Waals surface area contributed by atoms with E-state index in [2.05, 4.69) is 10.3 Å². The molecule has 5 heteroatoms. The van der Waals surface area contributed by atoms with Gasteiger partial charge >= 0.3 is 0 Å². The fourth-order valence-corrected chi connectivity index (χ4v) is 1.47. The van der Waals surface area contributed by atoms with Crippen molar-refractivity contribution in [1.82, 2.24) is 4.98 Å². The predicted molar refractivity (Wildman–Crippen MR) is 58.3 cm³/mol. The first kappa shape index (κ1) is 10.7. The normalized spacial score (nSPS) is 21.3. The highest BCUT2D eigenvalue weighted by Gasteiger charge is 2.13. The van der Waals surface area contributed by atoms with Gasteiger partial charge in [-0.05, 0) is 12.1 Å². The minimum Gasteiger partial charge on any atom is -0.376 e. The summed E-state index contributed by atoms with van der Waals surface area (Å²) >= 11 is 5.73. The second kappa shape index (κ2) is 5.30. The molecule has 1 unspecified atom stereocenters. The van der Waals surface area contributed by atoms with Gasteiger partial charge in [-0.15, -0.1) is 0 Å². The van der Waals surface area contributed by atoms with Crippen molar-refractivity contribution >= 4 is 17.4 Å². The summed E-state index contributed by atoms with van der Waals surface area (Å²) in [6.07, 6.45) is 1.72. The maximum atomic E-state index is 5.73. The average molecular weight is 229 g/mol. The Kier molecular flexibility index (Phi) is 3.77. The third-order valence-electron chi connectivity index (χ3n) is 2.12. The van der Waals surface area contributed by atoms with E-state index in [0.29, 0.717) is 31.4 Å². The molecule has 0 aliphatic carbocycles. The second-order valence-corrected chi connectivity index (χ2v) is 3.75. The molecule has 0 saturated carbocycles. The number of hydrogen-bond acceptors (Lipinski definition) is 4. The SMILES string of the molecule is Clc1ccc(NCC2COCCO2)nc1. The fourth-order valence-electron chi connectivity index (χ4n) is 1.35. The van der Waals surface area contributed by atoms with Gasteiger partial charge in [-0.1, -0.05) is 11.6 Å². The summed E-state index contributed by atoms with van der Waals surface area (Å²) in [5.74, 6) is 0.800. The number of ether oxygens (including phenoxy) is 2. The van der Waals surface area contributed by atoms with E-state index in [4.69, 9.17) is 21.1 Å². The monoisotopic (exact) mass is 228 g/mol. The lowest BCUT2D eigenvalue weighted by molar-refractivity contribution is -0.0819. The molecule has 1 fully saturated rings. The van der Waals surface area contributed by atoms with Crippen molar-refractivity contribution in [2.75, 3.05) is 31.7 Å². The third kappa shape index (κ3) is 3.34. The number of hydrogen-bond donors (Lipinski definition) is 1. The minimum absolute atomic E-state index is 0.108. The molecule has 2 rings (SSSR count). The predicted octanol–water partition coefficient (Wildman–Crippen LogP) is 1.56. The Morgan fingerprint density at radius 3 is 3.07 bits per heavy atom. The second-order valence-electron chi connectivity index (χ2n) is 3.31. The van der Waals surface area contributed by atoms with Gasteiger partial charge in [-0.3, -0.25) is 0 Å². The van der Waals surface area contributed by atoms with Crippen LogP contribution in [-0.2, 0) is 9.47 Å². The van der Waals surface area contributed by atoms with Crippen molar-refractivity contribution in [2.45, 2.75) is 6.10 Å². The van der Waals surface area contributed by atoms with Gasteiger partial charge in [0.15, 0.2) is 0 Å². The Morgan fingerprint density at radius 2 is 2.40 bits per heavy atom. The van der Waals surface area contributed by atoms with Crippen LogP contribution < -0.4 is 5.32 Å². The Bertz CT molecular complexity index is 299. The fraction of sp³-hybridized carbons (Fsp3) is 0.500. The van der Waals surface area contributed by atoms with Crippen LogP contribution in [0.2, 0.25) is 5.02 Å². The molecule has 0 amide bonds. The van der Waals surface area contributed by atoms with E-state index in [0.717, 1.165) is 5.82 Å². The zero-order valence-electron chi connectivity index (χ0n) is 8.28. The zero-order valence-corrected chi connectivity index (χ0v) is 9.04. The quantitative estimate of drug-likeness (QED) is 0.853. The van der Waals surface area contributed by atoms with Gasteiger partial charge in [0.05, 0.1) is 30.9 Å². The highest BCUT2D eigenvalue weighted by Crippen LogP contribution is 2.10. The van der Waals surface area contributed by atoms with Gasteiger partial charge in [0.25, 0.3) is 0 Å². The maximum absolute atomic E-state index is 5.73. The van der Waals surface area contributed by atoms with E-state index in [9.17, 15) is 0 Å². The van der Waals surface area contributed by atoms with Gasteiger partial charge in [-0.2, -0.15) is 0 Å². The topological polar surface area (TPSA) is 43.4 Å². The zero-order chi connectivity index (χ0) is 10.5. The molecule has 2 heterocycles. The van der Waals surface area contributed by atoms with Crippen LogP contribution in [0.4, 0.5) is 5.82 Å². The molecule has 1 aliphatic rings. The molecule has 1 aromatic heterocycles. The average Bonchev–Trinajstić information content (AvgIpc) is 2.30. The lowest BCUT2D eigenvalue weighted by atomic mass is 10.3. The van der Waals surface area contributed by atoms with E-state index in [1.54, 1.807) is 12.3 Å². The Balaban J connectivity index is 1.79. The lowest BCUT2D eigenvalue weighted by Gasteiger charge is -2.23. The molecule has 1 atom stereocenters. The van der Waals surface area contributed by atoms with E-state index in [1.807, 2.05) is 6.07 Å². The third-order valence-corrected chi connectivity index (χ3v) is 2.35. The first-order chi connectivity index (χ1) is 7.34. The van der Waals surface area contributed by atoms with Crippen LogP contribution in [0.5, 0.6) is 0 Å². The number of aromatic nitrogens is 1. The summed E-state index contributed by atoms with van der Waals surface area (Å²) in [6, 6.07) is 3.64. The van der Waals surface area contributed by atoms with Gasteiger partial charge < -0.3 is 14.8 Å². The highest BCUT2D eigenvalue weighted by atomic mass is 35.5. The molecule has 1 aliphatic heterocycles. The number of pyridine rings is 1. The summed E-state index contributed by atoms with van der Waals surface area (Å²) in [5, 5.41) is 3.80. The Labute approximate surface area is 93.6 Å². The Hall–Kier alpha value is -0.840. The number of nitrogens with zero attached hydrogens (tertiary/aromatic N) is 1. The summed E-state index contributed by atoms with van der Waals surface area (Å²) in [6.45, 7) is 2.70. The molecule has 15 heavy (non-hydrogen) atoms. The van der Waals surface area contributed by atoms with Crippen molar-refractivity contribution in [1.29, 1.82) is 0 Å². The lowest BCUT2D eigenvalue weighted by Crippen LogP contribution is -2.34. The number of nitrogens with one attached hydrogen (secondary N) is 1. The van der Waals surface area contributed by atoms with Crippen LogP contribution in [0, 0.1) is 0 Å². The van der Waals surface area contributed by atoms with Crippen molar-refractivity contribution in [3.8, 4) is 0 Å². The van der Waals surface area contributed by atoms with Crippen LogP contribution in [0.1, 0.15) is 0 Å². The largest absolute Gasteiger partial charge is 0.376 e. The molecule has 4 nitrogen and oxygen atoms in total. The van der Waals surface area contributed by atoms with Gasteiger partial charge in [0, 0.05) is 12.7 Å². The van der Waals surface area contributed by atoms with Crippen LogP contribution in [0.25, 0.3) is 0 Å². The van der Waals surface area contributed by atoms with Gasteiger partial charge in [0.1, 0.15) is 5.82 Å². The number of rotatable bonds is 3.